The molecule has 1 aromatic rings. The van der Waals surface area contributed by atoms with Crippen molar-refractivity contribution in [1.82, 2.24) is 15.2 Å². The average Bonchev–Trinajstić information content (AvgIpc) is 3.16. The highest BCUT2D eigenvalue weighted by atomic mass is 33.1. The van der Waals surface area contributed by atoms with Crippen molar-refractivity contribution in [2.75, 3.05) is 49.1 Å². The summed E-state index contributed by atoms with van der Waals surface area (Å²) in [5, 5.41) is 11.3. The first-order valence-corrected chi connectivity index (χ1v) is 12.1. The Labute approximate surface area is 183 Å². The van der Waals surface area contributed by atoms with E-state index >= 15 is 0 Å². The summed E-state index contributed by atoms with van der Waals surface area (Å²) in [5.74, 6) is 0.147. The lowest BCUT2D eigenvalue weighted by atomic mass is 10.2. The molecule has 0 spiro atoms. The maximum Gasteiger partial charge on any atom is 0.410 e. The topological polar surface area (TPSA) is 125 Å². The summed E-state index contributed by atoms with van der Waals surface area (Å²) >= 11 is 0. The summed E-state index contributed by atoms with van der Waals surface area (Å²) < 4.78 is 11.0. The third kappa shape index (κ3) is 8.34. The summed E-state index contributed by atoms with van der Waals surface area (Å²) in [7, 11) is 2.97. The van der Waals surface area contributed by atoms with Crippen LogP contribution in [0.25, 0.3) is 0 Å². The highest BCUT2D eigenvalue weighted by Gasteiger charge is 2.27. The van der Waals surface area contributed by atoms with Crippen LogP contribution in [0.4, 0.5) is 10.8 Å². The molecule has 1 aliphatic heterocycles. The number of aliphatic carboxylic acids is 1. The van der Waals surface area contributed by atoms with Gasteiger partial charge in [-0.2, -0.15) is 0 Å². The number of rotatable bonds is 9. The number of carbonyl (C=O) groups excluding carboxylic acids is 2. The van der Waals surface area contributed by atoms with E-state index in [2.05, 4.69) is 10.3 Å². The van der Waals surface area contributed by atoms with Crippen molar-refractivity contribution in [2.24, 2.45) is 0 Å². The van der Waals surface area contributed by atoms with Crippen molar-refractivity contribution < 1.29 is 28.6 Å². The summed E-state index contributed by atoms with van der Waals surface area (Å²) in [6, 6.07) is 0.350. The minimum Gasteiger partial charge on any atom is -0.481 e. The Hall–Kier alpha value is -2.08. The van der Waals surface area contributed by atoms with E-state index in [-0.39, 0.29) is 24.2 Å². The van der Waals surface area contributed by atoms with Crippen LogP contribution in [0.15, 0.2) is 10.6 Å². The zero-order valence-electron chi connectivity index (χ0n) is 17.4. The lowest BCUT2D eigenvalue weighted by Gasteiger charge is -2.34. The molecule has 0 aromatic carbocycles. The Balaban J connectivity index is 1.70. The minimum absolute atomic E-state index is 0.122. The molecule has 1 aliphatic rings. The number of hydrogen-bond donors (Lipinski definition) is 2. The standard InChI is InChI=1S/C18H28N4O6S2/c1-18(2,3)28-17(26)22-8-6-21(7-9-22)16-20-12-13(27-16)15(25)19-5-11-30-29-10-4-14(23)24/h12H,4-11H2,1-3H3,(H,19,25)(H,23,24). The van der Waals surface area contributed by atoms with Gasteiger partial charge in [0.05, 0.1) is 12.6 Å². The van der Waals surface area contributed by atoms with Crippen LogP contribution in [0.1, 0.15) is 37.7 Å². The van der Waals surface area contributed by atoms with Crippen LogP contribution in [-0.2, 0) is 9.53 Å². The smallest absolute Gasteiger partial charge is 0.410 e. The molecular weight excluding hydrogens is 432 g/mol. The molecule has 2 amide bonds. The number of aromatic nitrogens is 1. The number of hydrogen-bond acceptors (Lipinski definition) is 9. The molecule has 0 radical (unpaired) electrons. The van der Waals surface area contributed by atoms with E-state index in [1.807, 2.05) is 25.7 Å². The zero-order chi connectivity index (χ0) is 22.1. The Morgan fingerprint density at radius 3 is 2.50 bits per heavy atom. The van der Waals surface area contributed by atoms with E-state index in [0.29, 0.717) is 50.2 Å². The predicted molar refractivity (Wildman–Crippen MR) is 116 cm³/mol. The van der Waals surface area contributed by atoms with Gasteiger partial charge in [0.25, 0.3) is 11.9 Å². The Morgan fingerprint density at radius 2 is 1.87 bits per heavy atom. The summed E-state index contributed by atoms with van der Waals surface area (Å²) in [6.45, 7) is 7.96. The minimum atomic E-state index is -0.816. The Kier molecular flexibility index (Phi) is 9.15. The van der Waals surface area contributed by atoms with Crippen LogP contribution in [-0.4, -0.2) is 82.8 Å². The lowest BCUT2D eigenvalue weighted by Crippen LogP contribution is -2.50. The van der Waals surface area contributed by atoms with E-state index in [0.717, 1.165) is 0 Å². The number of carboxylic acids is 1. The van der Waals surface area contributed by atoms with E-state index in [1.165, 1.54) is 27.8 Å². The Bertz CT molecular complexity index is 729. The van der Waals surface area contributed by atoms with Crippen LogP contribution in [0, 0.1) is 0 Å². The van der Waals surface area contributed by atoms with Gasteiger partial charge in [-0.05, 0) is 20.8 Å². The van der Waals surface area contributed by atoms with E-state index in [9.17, 15) is 14.4 Å². The van der Waals surface area contributed by atoms with Crippen molar-refractivity contribution in [2.45, 2.75) is 32.8 Å². The molecule has 1 fully saturated rings. The molecule has 2 N–H and O–H groups in total. The molecule has 0 unspecified atom stereocenters. The second kappa shape index (κ2) is 11.3. The van der Waals surface area contributed by atoms with Crippen LogP contribution in [0.5, 0.6) is 0 Å². The van der Waals surface area contributed by atoms with Crippen molar-refractivity contribution in [3.05, 3.63) is 12.0 Å². The van der Waals surface area contributed by atoms with Crippen molar-refractivity contribution in [3.8, 4) is 0 Å². The van der Waals surface area contributed by atoms with Gasteiger partial charge in [-0.15, -0.1) is 0 Å². The monoisotopic (exact) mass is 460 g/mol. The molecule has 0 bridgehead atoms. The number of anilines is 1. The molecule has 10 nitrogen and oxygen atoms in total. The van der Waals surface area contributed by atoms with E-state index < -0.39 is 11.6 Å². The van der Waals surface area contributed by atoms with Crippen LogP contribution in [0.3, 0.4) is 0 Å². The van der Waals surface area contributed by atoms with Crippen molar-refractivity contribution in [1.29, 1.82) is 0 Å². The maximum atomic E-state index is 12.2. The molecule has 0 saturated carbocycles. The number of carboxylic acid groups (broad SMARTS) is 1. The molecule has 1 aromatic heterocycles. The molecule has 2 rings (SSSR count). The predicted octanol–water partition coefficient (Wildman–Crippen LogP) is 2.32. The quantitative estimate of drug-likeness (QED) is 0.419. The van der Waals surface area contributed by atoms with Gasteiger partial charge in [0.1, 0.15) is 5.60 Å². The summed E-state index contributed by atoms with van der Waals surface area (Å²) in [4.78, 5) is 42.4. The third-order valence-electron chi connectivity index (χ3n) is 3.87. The van der Waals surface area contributed by atoms with Gasteiger partial charge in [-0.25, -0.2) is 9.78 Å². The summed E-state index contributed by atoms with van der Waals surface area (Å²) in [5.41, 5.74) is -0.533. The molecule has 0 aliphatic carbocycles. The molecule has 0 atom stereocenters. The van der Waals surface area contributed by atoms with Gasteiger partial charge >= 0.3 is 12.1 Å². The van der Waals surface area contributed by atoms with Crippen molar-refractivity contribution >= 4 is 45.6 Å². The van der Waals surface area contributed by atoms with Gasteiger partial charge in [0.15, 0.2) is 0 Å². The number of piperazine rings is 1. The number of nitrogens with one attached hydrogen (secondary N) is 1. The van der Waals surface area contributed by atoms with E-state index in [1.54, 1.807) is 4.90 Å². The highest BCUT2D eigenvalue weighted by molar-refractivity contribution is 8.76. The third-order valence-corrected chi connectivity index (χ3v) is 6.28. The molecule has 30 heavy (non-hydrogen) atoms. The maximum absolute atomic E-state index is 12.2. The largest absolute Gasteiger partial charge is 0.481 e. The molecule has 1 saturated heterocycles. The number of ether oxygens (including phenoxy) is 1. The Morgan fingerprint density at radius 1 is 1.20 bits per heavy atom. The average molecular weight is 461 g/mol. The first kappa shape index (κ1) is 24.2. The fourth-order valence-electron chi connectivity index (χ4n) is 2.46. The van der Waals surface area contributed by atoms with Gasteiger partial charge in [0, 0.05) is 44.2 Å². The van der Waals surface area contributed by atoms with Crippen molar-refractivity contribution in [3.63, 3.8) is 0 Å². The first-order valence-electron chi connectivity index (χ1n) is 9.59. The first-order chi connectivity index (χ1) is 14.2. The van der Waals surface area contributed by atoms with Gasteiger partial charge in [-0.1, -0.05) is 21.6 Å². The molecule has 168 valence electrons. The van der Waals surface area contributed by atoms with Crippen LogP contribution in [0.2, 0.25) is 0 Å². The number of amides is 2. The summed E-state index contributed by atoms with van der Waals surface area (Å²) in [6.07, 6.45) is 1.17. The molecular formula is C18H28N4O6S2. The number of oxazole rings is 1. The SMILES string of the molecule is CC(C)(C)OC(=O)N1CCN(c2ncc(C(=O)NCCSSCCC(=O)O)o2)CC1. The fourth-order valence-corrected chi connectivity index (χ4v) is 4.35. The zero-order valence-corrected chi connectivity index (χ0v) is 19.0. The van der Waals surface area contributed by atoms with Gasteiger partial charge in [0.2, 0.25) is 5.76 Å². The lowest BCUT2D eigenvalue weighted by molar-refractivity contribution is -0.136. The fraction of sp³-hybridized carbons (Fsp3) is 0.667. The molecule has 2 heterocycles. The van der Waals surface area contributed by atoms with Gasteiger partial charge in [-0.3, -0.25) is 9.59 Å². The number of nitrogens with zero attached hydrogens (tertiary/aromatic N) is 3. The van der Waals surface area contributed by atoms with Crippen LogP contribution < -0.4 is 10.2 Å². The number of carbonyl (C=O) groups is 3. The second-order valence-electron chi connectivity index (χ2n) is 7.51. The van der Waals surface area contributed by atoms with Crippen LogP contribution >= 0.6 is 21.6 Å². The second-order valence-corrected chi connectivity index (χ2v) is 10.2. The molecule has 12 heteroatoms. The normalized spacial score (nSPS) is 14.5. The highest BCUT2D eigenvalue weighted by Crippen LogP contribution is 2.21. The van der Waals surface area contributed by atoms with Gasteiger partial charge < -0.3 is 29.4 Å². The van der Waals surface area contributed by atoms with E-state index in [4.69, 9.17) is 14.3 Å².